The molecule has 0 bridgehead atoms. The number of anilines is 1. The number of aryl methyl sites for hydroxylation is 1. The van der Waals surface area contributed by atoms with Crippen LogP contribution in [0.4, 0.5) is 18.9 Å². The van der Waals surface area contributed by atoms with Crippen LogP contribution in [0.3, 0.4) is 0 Å². The van der Waals surface area contributed by atoms with Gasteiger partial charge < -0.3 is 9.88 Å². The lowest BCUT2D eigenvalue weighted by Gasteiger charge is -2.21. The summed E-state index contributed by atoms with van der Waals surface area (Å²) >= 11 is 0. The van der Waals surface area contributed by atoms with Crippen LogP contribution in [0.1, 0.15) is 29.7 Å². The highest BCUT2D eigenvalue weighted by Crippen LogP contribution is 2.36. The van der Waals surface area contributed by atoms with Crippen molar-refractivity contribution in [3.63, 3.8) is 0 Å². The van der Waals surface area contributed by atoms with E-state index >= 15 is 0 Å². The minimum Gasteiger partial charge on any atom is -0.378 e. The summed E-state index contributed by atoms with van der Waals surface area (Å²) in [6.07, 6.45) is -1.08. The van der Waals surface area contributed by atoms with Gasteiger partial charge in [0.05, 0.1) is 22.5 Å². The second-order valence-corrected chi connectivity index (χ2v) is 8.60. The number of halogens is 3. The molecule has 3 rings (SSSR count). The maximum Gasteiger partial charge on any atom is 0.416 e. The van der Waals surface area contributed by atoms with Crippen LogP contribution < -0.4 is 10.5 Å². The number of alkyl halides is 3. The highest BCUT2D eigenvalue weighted by atomic mass is 32.2. The topological polar surface area (TPSA) is 90.0 Å². The fourth-order valence-electron chi connectivity index (χ4n) is 3.27. The number of nitrogens with two attached hydrogens (primary N) is 1. The zero-order chi connectivity index (χ0) is 22.3. The van der Waals surface area contributed by atoms with E-state index in [0.717, 1.165) is 12.1 Å². The van der Waals surface area contributed by atoms with E-state index in [4.69, 9.17) is 5.14 Å². The van der Waals surface area contributed by atoms with Crippen molar-refractivity contribution in [1.82, 2.24) is 9.55 Å². The Morgan fingerprint density at radius 2 is 1.77 bits per heavy atom. The molecule has 0 aliphatic rings. The molecule has 10 heteroatoms. The van der Waals surface area contributed by atoms with Gasteiger partial charge in [-0.15, -0.1) is 0 Å². The molecule has 1 aromatic heterocycles. The number of hydrogen-bond acceptors (Lipinski definition) is 4. The highest BCUT2D eigenvalue weighted by Gasteiger charge is 2.30. The number of nitrogens with zero attached hydrogens (tertiary/aromatic N) is 2. The van der Waals surface area contributed by atoms with Crippen LogP contribution in [-0.2, 0) is 23.2 Å². The van der Waals surface area contributed by atoms with E-state index in [1.54, 1.807) is 44.1 Å². The Morgan fingerprint density at radius 3 is 2.27 bits per heavy atom. The first-order valence-electron chi connectivity index (χ1n) is 8.96. The van der Waals surface area contributed by atoms with Gasteiger partial charge in [-0.25, -0.2) is 18.5 Å². The van der Waals surface area contributed by atoms with Crippen LogP contribution in [0.2, 0.25) is 0 Å². The molecule has 0 saturated carbocycles. The first-order valence-corrected chi connectivity index (χ1v) is 10.5. The van der Waals surface area contributed by atoms with Gasteiger partial charge in [-0.1, -0.05) is 12.1 Å². The average molecular weight is 438 g/mol. The molecule has 0 radical (unpaired) electrons. The van der Waals surface area contributed by atoms with Gasteiger partial charge in [0.2, 0.25) is 10.0 Å². The first kappa shape index (κ1) is 21.8. The Balaban J connectivity index is 2.02. The van der Waals surface area contributed by atoms with Crippen molar-refractivity contribution in [1.29, 1.82) is 0 Å². The summed E-state index contributed by atoms with van der Waals surface area (Å²) in [6.45, 7) is 3.44. The number of benzene rings is 2. The van der Waals surface area contributed by atoms with Crippen LogP contribution in [0, 0.1) is 6.92 Å². The lowest BCUT2D eigenvalue weighted by molar-refractivity contribution is -0.137. The van der Waals surface area contributed by atoms with E-state index in [-0.39, 0.29) is 10.9 Å². The SMILES string of the molecule is Cc1c(S(N)(=O)=O)ccc(N[C@@H](C)c2ccc(C(F)(F)F)cc2)c1-c1cn(C)cn1. The Labute approximate surface area is 172 Å². The van der Waals surface area contributed by atoms with Gasteiger partial charge in [-0.05, 0) is 49.2 Å². The summed E-state index contributed by atoms with van der Waals surface area (Å²) in [5, 5.41) is 8.58. The summed E-state index contributed by atoms with van der Waals surface area (Å²) < 4.78 is 64.0. The average Bonchev–Trinajstić information content (AvgIpc) is 3.06. The summed E-state index contributed by atoms with van der Waals surface area (Å²) in [4.78, 5) is 4.29. The maximum atomic E-state index is 12.8. The van der Waals surface area contributed by atoms with Crippen LogP contribution >= 0.6 is 0 Å². The minimum atomic E-state index is -4.40. The number of imidazole rings is 1. The fourth-order valence-corrected chi connectivity index (χ4v) is 4.06. The Bertz CT molecular complexity index is 1170. The fraction of sp³-hybridized carbons (Fsp3) is 0.250. The summed E-state index contributed by atoms with van der Waals surface area (Å²) in [6, 6.07) is 7.51. The number of nitrogens with one attached hydrogen (secondary N) is 1. The monoisotopic (exact) mass is 438 g/mol. The second-order valence-electron chi connectivity index (χ2n) is 7.07. The molecule has 0 aliphatic heterocycles. The third kappa shape index (κ3) is 4.49. The second kappa shape index (κ2) is 7.77. The molecule has 2 aromatic carbocycles. The molecule has 0 amide bonds. The van der Waals surface area contributed by atoms with Crippen molar-refractivity contribution >= 4 is 15.7 Å². The van der Waals surface area contributed by atoms with Gasteiger partial charge in [0, 0.05) is 30.5 Å². The highest BCUT2D eigenvalue weighted by molar-refractivity contribution is 7.89. The quantitative estimate of drug-likeness (QED) is 0.624. The van der Waals surface area contributed by atoms with E-state index in [9.17, 15) is 21.6 Å². The minimum absolute atomic E-state index is 0.0177. The number of sulfonamides is 1. The normalized spacial score (nSPS) is 13.3. The van der Waals surface area contributed by atoms with Crippen molar-refractivity contribution in [2.24, 2.45) is 12.2 Å². The number of rotatable bonds is 5. The molecule has 0 fully saturated rings. The van der Waals surface area contributed by atoms with Gasteiger partial charge in [-0.3, -0.25) is 0 Å². The molecule has 3 aromatic rings. The van der Waals surface area contributed by atoms with E-state index in [2.05, 4.69) is 10.3 Å². The van der Waals surface area contributed by atoms with Crippen LogP contribution in [-0.4, -0.2) is 18.0 Å². The smallest absolute Gasteiger partial charge is 0.378 e. The molecule has 0 spiro atoms. The Hall–Kier alpha value is -2.85. The van der Waals surface area contributed by atoms with E-state index in [1.165, 1.54) is 18.2 Å². The van der Waals surface area contributed by atoms with E-state index in [1.807, 2.05) is 0 Å². The molecular formula is C20H21F3N4O2S. The molecular weight excluding hydrogens is 417 g/mol. The van der Waals surface area contributed by atoms with E-state index < -0.39 is 21.8 Å². The molecule has 1 heterocycles. The zero-order valence-corrected chi connectivity index (χ0v) is 17.3. The van der Waals surface area contributed by atoms with Gasteiger partial charge >= 0.3 is 6.18 Å². The first-order chi connectivity index (χ1) is 13.9. The molecule has 6 nitrogen and oxygen atoms in total. The van der Waals surface area contributed by atoms with Crippen molar-refractivity contribution in [2.75, 3.05) is 5.32 Å². The lowest BCUT2D eigenvalue weighted by atomic mass is 10.0. The van der Waals surface area contributed by atoms with Gasteiger partial charge in [0.25, 0.3) is 0 Å². The largest absolute Gasteiger partial charge is 0.416 e. The molecule has 3 N–H and O–H groups in total. The predicted molar refractivity (Wildman–Crippen MR) is 108 cm³/mol. The number of hydrogen-bond donors (Lipinski definition) is 2. The van der Waals surface area contributed by atoms with Crippen molar-refractivity contribution in [2.45, 2.75) is 31.0 Å². The molecule has 160 valence electrons. The van der Waals surface area contributed by atoms with Crippen LogP contribution in [0.5, 0.6) is 0 Å². The Morgan fingerprint density at radius 1 is 1.13 bits per heavy atom. The predicted octanol–water partition coefficient (Wildman–Crippen LogP) is 4.23. The zero-order valence-electron chi connectivity index (χ0n) is 16.5. The van der Waals surface area contributed by atoms with Gasteiger partial charge in [-0.2, -0.15) is 13.2 Å². The standard InChI is InChI=1S/C20H21F3N4O2S/c1-12-18(30(24,28)29)9-8-16(19(12)17-10-27(3)11-25-17)26-13(2)14-4-6-15(7-5-14)20(21,22)23/h4-11,13,26H,1-3H3,(H2,24,28,29)/t13-/m0/s1. The summed E-state index contributed by atoms with van der Waals surface area (Å²) in [5.74, 6) is 0. The van der Waals surface area contributed by atoms with Crippen molar-refractivity contribution in [3.05, 3.63) is 65.6 Å². The lowest BCUT2D eigenvalue weighted by Crippen LogP contribution is -2.15. The number of primary sulfonamides is 1. The molecule has 30 heavy (non-hydrogen) atoms. The summed E-state index contributed by atoms with van der Waals surface area (Å²) in [7, 11) is -2.16. The molecule has 0 saturated heterocycles. The van der Waals surface area contributed by atoms with E-state index in [0.29, 0.717) is 28.1 Å². The van der Waals surface area contributed by atoms with Crippen LogP contribution in [0.15, 0.2) is 53.8 Å². The molecule has 0 unspecified atom stereocenters. The Kier molecular flexibility index (Phi) is 5.66. The summed E-state index contributed by atoms with van der Waals surface area (Å²) in [5.41, 5.74) is 2.04. The van der Waals surface area contributed by atoms with Crippen molar-refractivity contribution in [3.8, 4) is 11.3 Å². The number of aromatic nitrogens is 2. The maximum absolute atomic E-state index is 12.8. The van der Waals surface area contributed by atoms with Gasteiger partial charge in [0.1, 0.15) is 0 Å². The third-order valence-corrected chi connectivity index (χ3v) is 5.85. The van der Waals surface area contributed by atoms with Crippen LogP contribution in [0.25, 0.3) is 11.3 Å². The third-order valence-electron chi connectivity index (χ3n) is 4.79. The molecule has 0 aliphatic carbocycles. The van der Waals surface area contributed by atoms with Crippen molar-refractivity contribution < 1.29 is 21.6 Å². The molecule has 1 atom stereocenters. The van der Waals surface area contributed by atoms with Gasteiger partial charge in [0.15, 0.2) is 0 Å².